The van der Waals surface area contributed by atoms with Gasteiger partial charge in [-0.1, -0.05) is 13.8 Å². The fourth-order valence-corrected chi connectivity index (χ4v) is 3.11. The topological polar surface area (TPSA) is 34.1 Å². The third kappa shape index (κ3) is 5.23. The van der Waals surface area contributed by atoms with Gasteiger partial charge in [-0.3, -0.25) is 0 Å². The van der Waals surface area contributed by atoms with Crippen molar-refractivity contribution in [2.75, 3.05) is 7.11 Å². The molecular weight excluding hydrogens is 301 g/mol. The first-order chi connectivity index (χ1) is 9.45. The minimum atomic E-state index is -4.45. The van der Waals surface area contributed by atoms with Crippen molar-refractivity contribution >= 4 is 11.3 Å². The SMILES string of the molecule is COC(c1nc(C(F)(F)F)c(CNC(C)(C)C)s1)C(C)C. The molecular formula is C14H23F3N2OS. The lowest BCUT2D eigenvalue weighted by Crippen LogP contribution is -2.35. The first kappa shape index (κ1) is 18.4. The van der Waals surface area contributed by atoms with Crippen LogP contribution in [-0.2, 0) is 17.5 Å². The van der Waals surface area contributed by atoms with Crippen molar-refractivity contribution in [1.29, 1.82) is 0 Å². The van der Waals surface area contributed by atoms with Gasteiger partial charge in [0.1, 0.15) is 11.1 Å². The fourth-order valence-electron chi connectivity index (χ4n) is 1.84. The summed E-state index contributed by atoms with van der Waals surface area (Å²) in [4.78, 5) is 4.01. The molecule has 0 bridgehead atoms. The van der Waals surface area contributed by atoms with E-state index in [2.05, 4.69) is 10.3 Å². The Bertz CT molecular complexity index is 464. The molecule has 0 fully saturated rings. The second-order valence-corrected chi connectivity index (χ2v) is 7.44. The maximum atomic E-state index is 13.1. The van der Waals surface area contributed by atoms with Crippen LogP contribution in [0.5, 0.6) is 0 Å². The van der Waals surface area contributed by atoms with Gasteiger partial charge in [-0.05, 0) is 26.7 Å². The summed E-state index contributed by atoms with van der Waals surface area (Å²) in [6.07, 6.45) is -4.86. The van der Waals surface area contributed by atoms with Crippen molar-refractivity contribution in [2.45, 2.75) is 59.0 Å². The van der Waals surface area contributed by atoms with Crippen molar-refractivity contribution in [3.8, 4) is 0 Å². The van der Waals surface area contributed by atoms with E-state index in [9.17, 15) is 13.2 Å². The van der Waals surface area contributed by atoms with Gasteiger partial charge in [0.05, 0.1) is 4.88 Å². The monoisotopic (exact) mass is 324 g/mol. The summed E-state index contributed by atoms with van der Waals surface area (Å²) in [6, 6.07) is 0. The standard InChI is InChI=1S/C14H23F3N2OS/c1-8(2)10(20-6)12-19-11(14(15,16)17)9(21-12)7-18-13(3,4)5/h8,10,18H,7H2,1-6H3. The zero-order chi connectivity index (χ0) is 16.4. The molecule has 0 aliphatic heterocycles. The quantitative estimate of drug-likeness (QED) is 0.872. The van der Waals surface area contributed by atoms with Gasteiger partial charge in [-0.15, -0.1) is 11.3 Å². The predicted molar refractivity (Wildman–Crippen MR) is 78.3 cm³/mol. The number of thiazole rings is 1. The van der Waals surface area contributed by atoms with Gasteiger partial charge in [0.2, 0.25) is 0 Å². The van der Waals surface area contributed by atoms with Crippen LogP contribution in [0.2, 0.25) is 0 Å². The van der Waals surface area contributed by atoms with E-state index in [-0.39, 0.29) is 22.9 Å². The molecule has 7 heteroatoms. The smallest absolute Gasteiger partial charge is 0.374 e. The highest BCUT2D eigenvalue weighted by Crippen LogP contribution is 2.38. The van der Waals surface area contributed by atoms with Crippen LogP contribution in [-0.4, -0.2) is 17.6 Å². The largest absolute Gasteiger partial charge is 0.434 e. The van der Waals surface area contributed by atoms with Crippen LogP contribution in [0, 0.1) is 5.92 Å². The molecule has 1 aromatic heterocycles. The summed E-state index contributed by atoms with van der Waals surface area (Å²) in [7, 11) is 1.49. The van der Waals surface area contributed by atoms with Crippen LogP contribution in [0.25, 0.3) is 0 Å². The second-order valence-electron chi connectivity index (χ2n) is 6.33. The van der Waals surface area contributed by atoms with Crippen LogP contribution >= 0.6 is 11.3 Å². The zero-order valence-electron chi connectivity index (χ0n) is 13.3. The first-order valence-corrected chi connectivity index (χ1v) is 7.62. The van der Waals surface area contributed by atoms with Crippen molar-refractivity contribution in [3.63, 3.8) is 0 Å². The predicted octanol–water partition coefficient (Wildman–Crippen LogP) is 4.39. The Morgan fingerprint density at radius 3 is 2.19 bits per heavy atom. The molecule has 0 amide bonds. The van der Waals surface area contributed by atoms with Crippen LogP contribution in [0.1, 0.15) is 56.3 Å². The molecule has 0 aromatic carbocycles. The van der Waals surface area contributed by atoms with Crippen LogP contribution in [0.4, 0.5) is 13.2 Å². The summed E-state index contributed by atoms with van der Waals surface area (Å²) in [5.41, 5.74) is -1.06. The zero-order valence-corrected chi connectivity index (χ0v) is 14.1. The summed E-state index contributed by atoms with van der Waals surface area (Å²) < 4.78 is 44.7. The number of hydrogen-bond acceptors (Lipinski definition) is 4. The Morgan fingerprint density at radius 2 is 1.81 bits per heavy atom. The van der Waals surface area contributed by atoms with Crippen LogP contribution < -0.4 is 5.32 Å². The molecule has 0 aliphatic carbocycles. The number of nitrogens with zero attached hydrogens (tertiary/aromatic N) is 1. The van der Waals surface area contributed by atoms with E-state index in [1.165, 1.54) is 7.11 Å². The summed E-state index contributed by atoms with van der Waals surface area (Å²) in [5, 5.41) is 3.46. The van der Waals surface area contributed by atoms with Crippen molar-refractivity contribution in [3.05, 3.63) is 15.6 Å². The Kier molecular flexibility index (Phi) is 5.80. The third-order valence-electron chi connectivity index (χ3n) is 2.86. The minimum Gasteiger partial charge on any atom is -0.374 e. The fraction of sp³-hybridized carbons (Fsp3) is 0.786. The average molecular weight is 324 g/mol. The Balaban J connectivity index is 3.13. The summed E-state index contributed by atoms with van der Waals surface area (Å²) >= 11 is 1.07. The van der Waals surface area contributed by atoms with E-state index in [0.717, 1.165) is 11.3 Å². The molecule has 0 aliphatic rings. The average Bonchev–Trinajstić information content (AvgIpc) is 2.69. The van der Waals surface area contributed by atoms with E-state index in [1.807, 2.05) is 34.6 Å². The van der Waals surface area contributed by atoms with E-state index < -0.39 is 18.0 Å². The molecule has 1 unspecified atom stereocenters. The molecule has 122 valence electrons. The van der Waals surface area contributed by atoms with Crippen molar-refractivity contribution in [2.24, 2.45) is 5.92 Å². The molecule has 1 N–H and O–H groups in total. The highest BCUT2D eigenvalue weighted by Gasteiger charge is 2.38. The Hall–Kier alpha value is -0.660. The van der Waals surface area contributed by atoms with Gasteiger partial charge >= 0.3 is 6.18 Å². The van der Waals surface area contributed by atoms with E-state index in [1.54, 1.807) is 0 Å². The van der Waals surface area contributed by atoms with Gasteiger partial charge in [0.15, 0.2) is 5.69 Å². The molecule has 1 atom stereocenters. The molecule has 21 heavy (non-hydrogen) atoms. The number of rotatable bonds is 5. The number of aromatic nitrogens is 1. The van der Waals surface area contributed by atoms with Gasteiger partial charge in [-0.2, -0.15) is 13.2 Å². The Morgan fingerprint density at radius 1 is 1.24 bits per heavy atom. The molecule has 0 radical (unpaired) electrons. The highest BCUT2D eigenvalue weighted by molar-refractivity contribution is 7.11. The molecule has 1 rings (SSSR count). The van der Waals surface area contributed by atoms with Gasteiger partial charge in [0, 0.05) is 19.2 Å². The number of alkyl halides is 3. The number of methoxy groups -OCH3 is 1. The number of hydrogen-bond donors (Lipinski definition) is 1. The van der Waals surface area contributed by atoms with Gasteiger partial charge < -0.3 is 10.1 Å². The maximum Gasteiger partial charge on any atom is 0.434 e. The molecule has 1 aromatic rings. The van der Waals surface area contributed by atoms with E-state index in [4.69, 9.17) is 4.74 Å². The summed E-state index contributed by atoms with van der Waals surface area (Å²) in [6.45, 7) is 9.67. The van der Waals surface area contributed by atoms with Gasteiger partial charge in [0.25, 0.3) is 0 Å². The summed E-state index contributed by atoms with van der Waals surface area (Å²) in [5.74, 6) is 0.0608. The number of halogens is 3. The van der Waals surface area contributed by atoms with Crippen LogP contribution in [0.3, 0.4) is 0 Å². The molecule has 1 heterocycles. The maximum absolute atomic E-state index is 13.1. The molecule has 3 nitrogen and oxygen atoms in total. The lowest BCUT2D eigenvalue weighted by Gasteiger charge is -2.20. The highest BCUT2D eigenvalue weighted by atomic mass is 32.1. The first-order valence-electron chi connectivity index (χ1n) is 6.80. The third-order valence-corrected chi connectivity index (χ3v) is 3.98. The minimum absolute atomic E-state index is 0.0608. The number of nitrogens with one attached hydrogen (secondary N) is 1. The molecule has 0 saturated heterocycles. The molecule has 0 spiro atoms. The number of ether oxygens (including phenoxy) is 1. The van der Waals surface area contributed by atoms with Crippen molar-refractivity contribution in [1.82, 2.24) is 10.3 Å². The van der Waals surface area contributed by atoms with E-state index >= 15 is 0 Å². The Labute approximate surface area is 127 Å². The van der Waals surface area contributed by atoms with Crippen molar-refractivity contribution < 1.29 is 17.9 Å². The van der Waals surface area contributed by atoms with Gasteiger partial charge in [-0.25, -0.2) is 4.98 Å². The lowest BCUT2D eigenvalue weighted by atomic mass is 10.1. The van der Waals surface area contributed by atoms with Crippen LogP contribution in [0.15, 0.2) is 0 Å². The van der Waals surface area contributed by atoms with E-state index in [0.29, 0.717) is 5.01 Å². The second kappa shape index (κ2) is 6.62. The lowest BCUT2D eigenvalue weighted by molar-refractivity contribution is -0.141. The molecule has 0 saturated carbocycles. The normalized spacial score (nSPS) is 14.8.